The predicted octanol–water partition coefficient (Wildman–Crippen LogP) is 5.79. The van der Waals surface area contributed by atoms with E-state index in [4.69, 9.17) is 0 Å². The number of para-hydroxylation sites is 1. The highest BCUT2D eigenvalue weighted by Gasteiger charge is 2.50. The van der Waals surface area contributed by atoms with E-state index in [2.05, 4.69) is 12.1 Å². The van der Waals surface area contributed by atoms with Crippen molar-refractivity contribution in [3.8, 4) is 11.1 Å². The number of Topliss-reactive ketones (excluding diaryl/α,β-unsaturated/α-hetero) is 1. The molecule has 0 fully saturated rings. The Bertz CT molecular complexity index is 1330. The lowest BCUT2D eigenvalue weighted by Crippen LogP contribution is -2.42. The van der Waals surface area contributed by atoms with E-state index < -0.39 is 11.5 Å². The first-order chi connectivity index (χ1) is 17.1. The highest BCUT2D eigenvalue weighted by atomic mass is 16.3. The van der Waals surface area contributed by atoms with Gasteiger partial charge in [-0.2, -0.15) is 0 Å². The number of ketones is 1. The summed E-state index contributed by atoms with van der Waals surface area (Å²) in [4.78, 5) is 28.3. The highest BCUT2D eigenvalue weighted by Crippen LogP contribution is 2.43. The summed E-state index contributed by atoms with van der Waals surface area (Å²) < 4.78 is 0. The number of anilines is 1. The van der Waals surface area contributed by atoms with Gasteiger partial charge in [-0.15, -0.1) is 0 Å². The van der Waals surface area contributed by atoms with Gasteiger partial charge in [0.1, 0.15) is 0 Å². The molecule has 0 radical (unpaired) electrons. The number of rotatable bonds is 8. The molecule has 4 heteroatoms. The van der Waals surface area contributed by atoms with Crippen LogP contribution in [0, 0.1) is 0 Å². The molecule has 0 unspecified atom stereocenters. The summed E-state index contributed by atoms with van der Waals surface area (Å²) in [6.45, 7) is 0.479. The van der Waals surface area contributed by atoms with Crippen molar-refractivity contribution in [2.75, 3.05) is 11.4 Å². The Balaban J connectivity index is 1.33. The van der Waals surface area contributed by atoms with Gasteiger partial charge in [0.2, 0.25) is 0 Å². The summed E-state index contributed by atoms with van der Waals surface area (Å²) in [6.07, 6.45) is 1.30. The van der Waals surface area contributed by atoms with Crippen LogP contribution >= 0.6 is 0 Å². The number of hydrogen-bond donors (Lipinski definition) is 1. The van der Waals surface area contributed by atoms with Crippen LogP contribution in [0.1, 0.15) is 34.3 Å². The third kappa shape index (κ3) is 4.53. The van der Waals surface area contributed by atoms with Gasteiger partial charge in [-0.05, 0) is 35.6 Å². The second-order valence-corrected chi connectivity index (χ2v) is 8.97. The zero-order valence-electron chi connectivity index (χ0n) is 19.4. The van der Waals surface area contributed by atoms with Crippen LogP contribution in [0.25, 0.3) is 11.1 Å². The van der Waals surface area contributed by atoms with Crippen LogP contribution in [0.4, 0.5) is 5.69 Å². The van der Waals surface area contributed by atoms with Gasteiger partial charge in [-0.3, -0.25) is 9.59 Å². The molecule has 1 N–H and O–H groups in total. The number of carbonyl (C=O) groups excluding carboxylic acids is 2. The predicted molar refractivity (Wildman–Crippen MR) is 138 cm³/mol. The third-order valence-electron chi connectivity index (χ3n) is 6.66. The van der Waals surface area contributed by atoms with Gasteiger partial charge in [0.25, 0.3) is 5.91 Å². The number of aliphatic hydroxyl groups is 1. The average Bonchev–Trinajstić information content (AvgIpc) is 3.11. The van der Waals surface area contributed by atoms with Gasteiger partial charge in [0.15, 0.2) is 11.4 Å². The Morgan fingerprint density at radius 3 is 2.06 bits per heavy atom. The van der Waals surface area contributed by atoms with Crippen molar-refractivity contribution in [3.63, 3.8) is 0 Å². The minimum Gasteiger partial charge on any atom is -0.375 e. The summed E-state index contributed by atoms with van der Waals surface area (Å²) >= 11 is 0. The highest BCUT2D eigenvalue weighted by molar-refractivity contribution is 6.10. The maximum Gasteiger partial charge on any atom is 0.264 e. The van der Waals surface area contributed by atoms with E-state index >= 15 is 0 Å². The minimum absolute atomic E-state index is 0.263. The monoisotopic (exact) mass is 461 g/mol. The SMILES string of the molecule is O=C(C[C@]1(O)C(=O)N(CCCc2ccccc2)c2ccccc21)c1ccc(-c2ccccc2)cc1. The number of nitrogens with zero attached hydrogens (tertiary/aromatic N) is 1. The van der Waals surface area contributed by atoms with Crippen LogP contribution in [-0.2, 0) is 16.8 Å². The zero-order valence-corrected chi connectivity index (χ0v) is 19.4. The molecule has 4 aromatic carbocycles. The lowest BCUT2D eigenvalue weighted by Gasteiger charge is -2.23. The molecule has 1 atom stereocenters. The molecule has 174 valence electrons. The Labute approximate surface area is 205 Å². The second-order valence-electron chi connectivity index (χ2n) is 8.97. The standard InChI is InChI=1S/C31H27NO3/c33-29(26-19-17-25(18-20-26)24-13-5-2-6-14-24)22-31(35)27-15-7-8-16-28(27)32(30(31)34)21-9-12-23-10-3-1-4-11-23/h1-8,10-11,13-20,35H,9,12,21-22H2/t31-/m1/s1. The molecular formula is C31H27NO3. The quantitative estimate of drug-likeness (QED) is 0.338. The first-order valence-corrected chi connectivity index (χ1v) is 11.9. The first kappa shape index (κ1) is 22.8. The van der Waals surface area contributed by atoms with Crippen LogP contribution in [0.2, 0.25) is 0 Å². The molecule has 1 aliphatic heterocycles. The Kier molecular flexibility index (Phi) is 6.30. The molecule has 4 aromatic rings. The molecule has 0 saturated carbocycles. The van der Waals surface area contributed by atoms with E-state index in [1.165, 1.54) is 5.56 Å². The van der Waals surface area contributed by atoms with Crippen molar-refractivity contribution in [1.29, 1.82) is 0 Å². The summed E-state index contributed by atoms with van der Waals surface area (Å²) in [5, 5.41) is 11.6. The van der Waals surface area contributed by atoms with Crippen molar-refractivity contribution in [1.82, 2.24) is 0 Å². The molecule has 0 spiro atoms. The Hall–Kier alpha value is -4.02. The summed E-state index contributed by atoms with van der Waals surface area (Å²) in [7, 11) is 0. The molecule has 0 saturated heterocycles. The first-order valence-electron chi connectivity index (χ1n) is 11.9. The molecule has 1 aliphatic rings. The topological polar surface area (TPSA) is 57.6 Å². The fraction of sp³-hybridized carbons (Fsp3) is 0.161. The Morgan fingerprint density at radius 1 is 0.743 bits per heavy atom. The van der Waals surface area contributed by atoms with E-state index in [0.29, 0.717) is 23.4 Å². The molecule has 1 amide bonds. The van der Waals surface area contributed by atoms with Gasteiger partial charge in [0.05, 0.1) is 12.1 Å². The van der Waals surface area contributed by atoms with Crippen molar-refractivity contribution in [2.24, 2.45) is 0 Å². The van der Waals surface area contributed by atoms with Gasteiger partial charge in [0, 0.05) is 17.7 Å². The fourth-order valence-corrected chi connectivity index (χ4v) is 4.80. The number of benzene rings is 4. The molecule has 0 aliphatic carbocycles. The normalized spacial score (nSPS) is 16.8. The number of carbonyl (C=O) groups is 2. The third-order valence-corrected chi connectivity index (χ3v) is 6.66. The van der Waals surface area contributed by atoms with E-state index in [-0.39, 0.29) is 12.2 Å². The van der Waals surface area contributed by atoms with Gasteiger partial charge in [-0.25, -0.2) is 0 Å². The zero-order chi connectivity index (χ0) is 24.3. The van der Waals surface area contributed by atoms with Crippen molar-refractivity contribution in [2.45, 2.75) is 24.9 Å². The second kappa shape index (κ2) is 9.69. The van der Waals surface area contributed by atoms with Crippen molar-refractivity contribution < 1.29 is 14.7 Å². The number of hydrogen-bond acceptors (Lipinski definition) is 3. The molecule has 4 nitrogen and oxygen atoms in total. The number of amides is 1. The van der Waals surface area contributed by atoms with E-state index in [9.17, 15) is 14.7 Å². The fourth-order valence-electron chi connectivity index (χ4n) is 4.80. The van der Waals surface area contributed by atoms with E-state index in [0.717, 1.165) is 24.0 Å². The number of fused-ring (bicyclic) bond motifs is 1. The molecule has 0 bridgehead atoms. The Morgan fingerprint density at radius 2 is 1.34 bits per heavy atom. The van der Waals surface area contributed by atoms with Gasteiger partial charge in [-0.1, -0.05) is 103 Å². The lowest BCUT2D eigenvalue weighted by molar-refractivity contribution is -0.135. The van der Waals surface area contributed by atoms with Crippen LogP contribution in [0.5, 0.6) is 0 Å². The lowest BCUT2D eigenvalue weighted by atomic mass is 9.88. The summed E-state index contributed by atoms with van der Waals surface area (Å²) in [5.41, 5.74) is 3.07. The van der Waals surface area contributed by atoms with Gasteiger partial charge < -0.3 is 10.0 Å². The maximum atomic E-state index is 13.5. The molecule has 1 heterocycles. The maximum absolute atomic E-state index is 13.5. The average molecular weight is 462 g/mol. The van der Waals surface area contributed by atoms with Crippen LogP contribution < -0.4 is 4.90 Å². The molecular weight excluding hydrogens is 434 g/mol. The van der Waals surface area contributed by atoms with Crippen molar-refractivity contribution in [3.05, 3.63) is 126 Å². The number of aryl methyl sites for hydroxylation is 1. The largest absolute Gasteiger partial charge is 0.375 e. The summed E-state index contributed by atoms with van der Waals surface area (Å²) in [5.74, 6) is -0.692. The summed E-state index contributed by atoms with van der Waals surface area (Å²) in [6, 6.07) is 34.6. The molecule has 35 heavy (non-hydrogen) atoms. The van der Waals surface area contributed by atoms with E-state index in [1.807, 2.05) is 72.8 Å². The molecule has 0 aromatic heterocycles. The van der Waals surface area contributed by atoms with Crippen LogP contribution in [0.15, 0.2) is 109 Å². The van der Waals surface area contributed by atoms with Crippen LogP contribution in [-0.4, -0.2) is 23.3 Å². The van der Waals surface area contributed by atoms with Crippen LogP contribution in [0.3, 0.4) is 0 Å². The van der Waals surface area contributed by atoms with Gasteiger partial charge >= 0.3 is 0 Å². The minimum atomic E-state index is -1.86. The van der Waals surface area contributed by atoms with Crippen molar-refractivity contribution >= 4 is 17.4 Å². The van der Waals surface area contributed by atoms with E-state index in [1.54, 1.807) is 29.2 Å². The molecule has 5 rings (SSSR count). The smallest absolute Gasteiger partial charge is 0.264 e.